The van der Waals surface area contributed by atoms with E-state index in [1.54, 1.807) is 0 Å². The van der Waals surface area contributed by atoms with Crippen molar-refractivity contribution >= 4 is 21.8 Å². The minimum absolute atomic E-state index is 1.08. The quantitative estimate of drug-likeness (QED) is 0.672. The van der Waals surface area contributed by atoms with Crippen LogP contribution in [0, 0.1) is 0 Å². The highest BCUT2D eigenvalue weighted by Gasteiger charge is 2.08. The highest BCUT2D eigenvalue weighted by atomic mass is 14.9. The fourth-order valence-electron chi connectivity index (χ4n) is 2.59. The first-order valence-electron chi connectivity index (χ1n) is 6.63. The third kappa shape index (κ3) is 1.69. The minimum atomic E-state index is 1.08. The Hall–Kier alpha value is -1.83. The molecule has 0 N–H and O–H groups in total. The maximum Gasteiger partial charge on any atom is 0.0522 e. The lowest BCUT2D eigenvalue weighted by Gasteiger charge is -2.01. The van der Waals surface area contributed by atoms with Crippen LogP contribution in [-0.4, -0.2) is 9.55 Å². The molecule has 0 aliphatic carbocycles. The summed E-state index contributed by atoms with van der Waals surface area (Å²) in [6, 6.07) is 10.8. The van der Waals surface area contributed by atoms with Crippen molar-refractivity contribution in [1.82, 2.24) is 9.55 Å². The number of benzene rings is 1. The topological polar surface area (TPSA) is 17.8 Å². The van der Waals surface area contributed by atoms with Gasteiger partial charge in [0.15, 0.2) is 0 Å². The van der Waals surface area contributed by atoms with Crippen LogP contribution < -0.4 is 0 Å². The van der Waals surface area contributed by atoms with Gasteiger partial charge in [0.2, 0.25) is 0 Å². The number of aromatic nitrogens is 2. The van der Waals surface area contributed by atoms with Crippen molar-refractivity contribution in [1.29, 1.82) is 0 Å². The summed E-state index contributed by atoms with van der Waals surface area (Å²) in [6.45, 7) is 2.22. The van der Waals surface area contributed by atoms with Crippen LogP contribution in [0.5, 0.6) is 0 Å². The van der Waals surface area contributed by atoms with Gasteiger partial charge >= 0.3 is 0 Å². The molecule has 0 saturated carbocycles. The maximum absolute atomic E-state index is 4.59. The Balaban J connectivity index is 2.22. The lowest BCUT2D eigenvalue weighted by molar-refractivity contribution is 0.777. The average molecular weight is 238 g/mol. The van der Waals surface area contributed by atoms with Gasteiger partial charge in [-0.1, -0.05) is 31.5 Å². The molecule has 0 aliphatic rings. The van der Waals surface area contributed by atoms with Gasteiger partial charge in [0.25, 0.3) is 0 Å². The fourth-order valence-corrected chi connectivity index (χ4v) is 2.59. The zero-order chi connectivity index (χ0) is 12.5. The van der Waals surface area contributed by atoms with E-state index >= 15 is 0 Å². The van der Waals surface area contributed by atoms with E-state index in [0.29, 0.717) is 0 Å². The highest BCUT2D eigenvalue weighted by molar-refractivity contribution is 6.07. The molecule has 0 aliphatic heterocycles. The molecule has 0 atom stereocenters. The number of hydrogen-bond donors (Lipinski definition) is 0. The SMILES string of the molecule is CCCCc1cc2c(cn1)c1ccccc1n2C. The largest absolute Gasteiger partial charge is 0.344 e. The Labute approximate surface area is 107 Å². The van der Waals surface area contributed by atoms with E-state index in [4.69, 9.17) is 0 Å². The Bertz CT molecular complexity index is 695. The number of para-hydroxylation sites is 1. The predicted molar refractivity (Wildman–Crippen MR) is 76.8 cm³/mol. The van der Waals surface area contributed by atoms with E-state index in [1.165, 1.54) is 40.3 Å². The molecular weight excluding hydrogens is 220 g/mol. The molecule has 1 aromatic carbocycles. The van der Waals surface area contributed by atoms with Crippen LogP contribution in [0.25, 0.3) is 21.8 Å². The van der Waals surface area contributed by atoms with Crippen molar-refractivity contribution in [2.75, 3.05) is 0 Å². The zero-order valence-electron chi connectivity index (χ0n) is 11.0. The number of fused-ring (bicyclic) bond motifs is 3. The molecule has 0 radical (unpaired) electrons. The minimum Gasteiger partial charge on any atom is -0.344 e. The van der Waals surface area contributed by atoms with Gasteiger partial charge in [-0.2, -0.15) is 0 Å². The second-order valence-corrected chi connectivity index (χ2v) is 4.87. The predicted octanol–water partition coefficient (Wildman–Crippen LogP) is 4.07. The molecule has 18 heavy (non-hydrogen) atoms. The number of hydrogen-bond acceptors (Lipinski definition) is 1. The van der Waals surface area contributed by atoms with E-state index in [1.807, 2.05) is 6.20 Å². The number of pyridine rings is 1. The van der Waals surface area contributed by atoms with Crippen molar-refractivity contribution in [3.8, 4) is 0 Å². The third-order valence-electron chi connectivity index (χ3n) is 3.64. The van der Waals surface area contributed by atoms with Crippen LogP contribution in [-0.2, 0) is 13.5 Å². The smallest absolute Gasteiger partial charge is 0.0522 e. The van der Waals surface area contributed by atoms with Crippen LogP contribution in [0.2, 0.25) is 0 Å². The second kappa shape index (κ2) is 4.45. The molecule has 2 aromatic heterocycles. The van der Waals surface area contributed by atoms with E-state index in [2.05, 4.69) is 53.9 Å². The molecule has 0 bridgehead atoms. The Kier molecular flexibility index (Phi) is 2.78. The average Bonchev–Trinajstić information content (AvgIpc) is 2.71. The molecule has 0 unspecified atom stereocenters. The van der Waals surface area contributed by atoms with Gasteiger partial charge in [0.1, 0.15) is 0 Å². The molecule has 0 amide bonds. The summed E-state index contributed by atoms with van der Waals surface area (Å²) in [5, 5.41) is 2.55. The van der Waals surface area contributed by atoms with Crippen LogP contribution in [0.3, 0.4) is 0 Å². The number of nitrogens with zero attached hydrogens (tertiary/aromatic N) is 2. The van der Waals surface area contributed by atoms with Crippen LogP contribution >= 0.6 is 0 Å². The molecule has 0 saturated heterocycles. The molecule has 2 heteroatoms. The van der Waals surface area contributed by atoms with Gasteiger partial charge in [0, 0.05) is 35.2 Å². The molecule has 0 fully saturated rings. The summed E-state index contributed by atoms with van der Waals surface area (Å²) in [5.41, 5.74) is 3.77. The monoisotopic (exact) mass is 238 g/mol. The lowest BCUT2D eigenvalue weighted by Crippen LogP contribution is -1.92. The molecule has 92 valence electrons. The van der Waals surface area contributed by atoms with Crippen molar-refractivity contribution in [3.05, 3.63) is 42.2 Å². The number of unbranched alkanes of at least 4 members (excludes halogenated alkanes) is 1. The summed E-state index contributed by atoms with van der Waals surface area (Å²) in [7, 11) is 2.13. The molecule has 0 spiro atoms. The zero-order valence-corrected chi connectivity index (χ0v) is 11.0. The molecule has 2 heterocycles. The Morgan fingerprint density at radius 2 is 1.94 bits per heavy atom. The number of aryl methyl sites for hydroxylation is 2. The second-order valence-electron chi connectivity index (χ2n) is 4.87. The summed E-state index contributed by atoms with van der Waals surface area (Å²) in [6.07, 6.45) is 5.54. The first kappa shape index (κ1) is 11.3. The normalized spacial score (nSPS) is 11.4. The molecule has 3 aromatic rings. The molecular formula is C16H18N2. The van der Waals surface area contributed by atoms with Crippen molar-refractivity contribution in [2.45, 2.75) is 26.2 Å². The highest BCUT2D eigenvalue weighted by Crippen LogP contribution is 2.27. The van der Waals surface area contributed by atoms with Gasteiger partial charge < -0.3 is 4.57 Å². The first-order valence-corrected chi connectivity index (χ1v) is 6.63. The van der Waals surface area contributed by atoms with Crippen LogP contribution in [0.15, 0.2) is 36.5 Å². The summed E-state index contributed by atoms with van der Waals surface area (Å²) < 4.78 is 2.27. The summed E-state index contributed by atoms with van der Waals surface area (Å²) in [4.78, 5) is 4.59. The van der Waals surface area contributed by atoms with Gasteiger partial charge in [-0.05, 0) is 25.0 Å². The lowest BCUT2D eigenvalue weighted by atomic mass is 10.1. The van der Waals surface area contributed by atoms with E-state index in [0.717, 1.165) is 6.42 Å². The fraction of sp³-hybridized carbons (Fsp3) is 0.312. The summed E-state index contributed by atoms with van der Waals surface area (Å²) >= 11 is 0. The van der Waals surface area contributed by atoms with E-state index < -0.39 is 0 Å². The van der Waals surface area contributed by atoms with Crippen LogP contribution in [0.4, 0.5) is 0 Å². The maximum atomic E-state index is 4.59. The standard InChI is InChI=1S/C16H18N2/c1-3-4-7-12-10-16-14(11-17-12)13-8-5-6-9-15(13)18(16)2/h5-6,8-11H,3-4,7H2,1-2H3. The van der Waals surface area contributed by atoms with Gasteiger partial charge in [-0.15, -0.1) is 0 Å². The Morgan fingerprint density at radius 1 is 1.11 bits per heavy atom. The molecule has 2 nitrogen and oxygen atoms in total. The van der Waals surface area contributed by atoms with E-state index in [-0.39, 0.29) is 0 Å². The van der Waals surface area contributed by atoms with Gasteiger partial charge in [-0.25, -0.2) is 0 Å². The Morgan fingerprint density at radius 3 is 2.78 bits per heavy atom. The third-order valence-corrected chi connectivity index (χ3v) is 3.64. The van der Waals surface area contributed by atoms with Crippen molar-refractivity contribution in [3.63, 3.8) is 0 Å². The first-order chi connectivity index (χ1) is 8.81. The van der Waals surface area contributed by atoms with Gasteiger partial charge in [0.05, 0.1) is 5.52 Å². The van der Waals surface area contributed by atoms with Gasteiger partial charge in [-0.3, -0.25) is 4.98 Å². The van der Waals surface area contributed by atoms with Crippen LogP contribution in [0.1, 0.15) is 25.5 Å². The van der Waals surface area contributed by atoms with Crippen molar-refractivity contribution in [2.24, 2.45) is 7.05 Å². The summed E-state index contributed by atoms with van der Waals surface area (Å²) in [5.74, 6) is 0. The van der Waals surface area contributed by atoms with E-state index in [9.17, 15) is 0 Å². The number of rotatable bonds is 3. The molecule has 3 rings (SSSR count). The van der Waals surface area contributed by atoms with Crippen molar-refractivity contribution < 1.29 is 0 Å².